The Morgan fingerprint density at radius 1 is 1.42 bits per heavy atom. The lowest BCUT2D eigenvalue weighted by Gasteiger charge is -2.32. The van der Waals surface area contributed by atoms with E-state index in [0.717, 1.165) is 25.7 Å². The van der Waals surface area contributed by atoms with Gasteiger partial charge >= 0.3 is 5.97 Å². The topological polar surface area (TPSA) is 46.5 Å². The van der Waals surface area contributed by atoms with Gasteiger partial charge in [0.15, 0.2) is 0 Å². The third kappa shape index (κ3) is 2.81. The number of hydrogen-bond acceptors (Lipinski definition) is 2. The van der Waals surface area contributed by atoms with E-state index in [1.54, 1.807) is 0 Å². The van der Waals surface area contributed by atoms with E-state index in [4.69, 9.17) is 9.84 Å². The highest BCUT2D eigenvalue weighted by atomic mass is 16.5. The van der Waals surface area contributed by atoms with Gasteiger partial charge in [-0.1, -0.05) is 19.3 Å². The van der Waals surface area contributed by atoms with Crippen molar-refractivity contribution < 1.29 is 14.6 Å². The minimum Gasteiger partial charge on any atom is -0.480 e. The highest BCUT2D eigenvalue weighted by Crippen LogP contribution is 2.30. The summed E-state index contributed by atoms with van der Waals surface area (Å²) >= 11 is 0. The summed E-state index contributed by atoms with van der Waals surface area (Å²) in [7, 11) is 0. The second-order valence-corrected chi connectivity index (χ2v) is 3.69. The van der Waals surface area contributed by atoms with Crippen molar-refractivity contribution in [2.24, 2.45) is 0 Å². The number of carboxylic acids is 1. The molecule has 0 saturated heterocycles. The van der Waals surface area contributed by atoms with Crippen LogP contribution in [0.1, 0.15) is 39.0 Å². The Labute approximate surface area is 72.7 Å². The average Bonchev–Trinajstić information content (AvgIpc) is 2.03. The van der Waals surface area contributed by atoms with Crippen LogP contribution in [0.15, 0.2) is 0 Å². The molecule has 0 atom stereocenters. The van der Waals surface area contributed by atoms with E-state index in [1.807, 2.05) is 6.92 Å². The highest BCUT2D eigenvalue weighted by molar-refractivity contribution is 5.68. The van der Waals surface area contributed by atoms with Gasteiger partial charge in [0, 0.05) is 0 Å². The summed E-state index contributed by atoms with van der Waals surface area (Å²) in [6.07, 6.45) is 5.58. The van der Waals surface area contributed by atoms with Crippen molar-refractivity contribution >= 4 is 5.97 Å². The number of aliphatic carboxylic acids is 1. The van der Waals surface area contributed by atoms with Crippen molar-refractivity contribution in [2.75, 3.05) is 6.61 Å². The minimum atomic E-state index is -0.873. The maximum absolute atomic E-state index is 10.3. The first-order valence-electron chi connectivity index (χ1n) is 4.48. The molecule has 1 aliphatic rings. The molecule has 0 aromatic carbocycles. The fraction of sp³-hybridized carbons (Fsp3) is 0.889. The molecule has 1 saturated carbocycles. The molecular weight excluding hydrogens is 156 g/mol. The molecule has 1 fully saturated rings. The first-order valence-corrected chi connectivity index (χ1v) is 4.48. The van der Waals surface area contributed by atoms with Crippen molar-refractivity contribution in [1.82, 2.24) is 0 Å². The van der Waals surface area contributed by atoms with Crippen LogP contribution in [0, 0.1) is 0 Å². The fourth-order valence-corrected chi connectivity index (χ4v) is 1.68. The van der Waals surface area contributed by atoms with E-state index in [1.165, 1.54) is 6.42 Å². The maximum Gasteiger partial charge on any atom is 0.329 e. The van der Waals surface area contributed by atoms with E-state index >= 15 is 0 Å². The lowest BCUT2D eigenvalue weighted by atomic mass is 9.86. The summed E-state index contributed by atoms with van der Waals surface area (Å²) in [4.78, 5) is 10.3. The summed E-state index contributed by atoms with van der Waals surface area (Å²) in [5.74, 6) is -0.873. The SMILES string of the molecule is CC1(OCC(=O)O)CCCCC1. The van der Waals surface area contributed by atoms with Crippen LogP contribution in [0.3, 0.4) is 0 Å². The Balaban J connectivity index is 2.31. The van der Waals surface area contributed by atoms with Crippen molar-refractivity contribution in [3.63, 3.8) is 0 Å². The molecule has 1 rings (SSSR count). The van der Waals surface area contributed by atoms with E-state index < -0.39 is 5.97 Å². The van der Waals surface area contributed by atoms with Crippen molar-refractivity contribution in [3.8, 4) is 0 Å². The number of hydrogen-bond donors (Lipinski definition) is 1. The normalized spacial score (nSPS) is 22.1. The first kappa shape index (κ1) is 9.52. The van der Waals surface area contributed by atoms with Crippen LogP contribution in [-0.2, 0) is 9.53 Å². The Morgan fingerprint density at radius 3 is 2.50 bits per heavy atom. The van der Waals surface area contributed by atoms with Gasteiger partial charge < -0.3 is 9.84 Å². The van der Waals surface area contributed by atoms with E-state index in [0.29, 0.717) is 0 Å². The summed E-state index contributed by atoms with van der Waals surface area (Å²) in [6, 6.07) is 0. The smallest absolute Gasteiger partial charge is 0.329 e. The monoisotopic (exact) mass is 172 g/mol. The number of ether oxygens (including phenoxy) is 1. The molecular formula is C9H16O3. The third-order valence-electron chi connectivity index (χ3n) is 2.46. The zero-order valence-electron chi connectivity index (χ0n) is 7.51. The van der Waals surface area contributed by atoms with Gasteiger partial charge in [-0.2, -0.15) is 0 Å². The fourth-order valence-electron chi connectivity index (χ4n) is 1.68. The van der Waals surface area contributed by atoms with Gasteiger partial charge in [0.2, 0.25) is 0 Å². The summed E-state index contributed by atoms with van der Waals surface area (Å²) in [6.45, 7) is 1.85. The molecule has 1 aliphatic carbocycles. The molecule has 0 unspecified atom stereocenters. The van der Waals surface area contributed by atoms with Gasteiger partial charge in [0.05, 0.1) is 5.60 Å². The number of carboxylic acid groups (broad SMARTS) is 1. The summed E-state index contributed by atoms with van der Waals surface area (Å²) < 4.78 is 5.33. The minimum absolute atomic E-state index is 0.156. The first-order chi connectivity index (χ1) is 5.62. The van der Waals surface area contributed by atoms with Crippen molar-refractivity contribution in [3.05, 3.63) is 0 Å². The van der Waals surface area contributed by atoms with Crippen LogP contribution >= 0.6 is 0 Å². The highest BCUT2D eigenvalue weighted by Gasteiger charge is 2.27. The number of carbonyl (C=O) groups is 1. The maximum atomic E-state index is 10.3. The van der Waals surface area contributed by atoms with Crippen molar-refractivity contribution in [2.45, 2.75) is 44.6 Å². The van der Waals surface area contributed by atoms with E-state index in [9.17, 15) is 4.79 Å². The quantitative estimate of drug-likeness (QED) is 0.706. The Bertz CT molecular complexity index is 159. The standard InChI is InChI=1S/C9H16O3/c1-9(12-7-8(10)11)5-3-2-4-6-9/h2-7H2,1H3,(H,10,11). The van der Waals surface area contributed by atoms with Crippen LogP contribution in [0.2, 0.25) is 0 Å². The molecule has 0 radical (unpaired) electrons. The summed E-state index contributed by atoms with van der Waals surface area (Å²) in [5, 5.41) is 8.43. The molecule has 1 N–H and O–H groups in total. The lowest BCUT2D eigenvalue weighted by molar-refractivity contribution is -0.150. The molecule has 3 heteroatoms. The molecule has 0 amide bonds. The van der Waals surface area contributed by atoms with Crippen molar-refractivity contribution in [1.29, 1.82) is 0 Å². The van der Waals surface area contributed by atoms with Crippen LogP contribution in [0.25, 0.3) is 0 Å². The number of rotatable bonds is 3. The zero-order valence-corrected chi connectivity index (χ0v) is 7.51. The molecule has 12 heavy (non-hydrogen) atoms. The summed E-state index contributed by atoms with van der Waals surface area (Å²) in [5.41, 5.74) is -0.170. The molecule has 70 valence electrons. The van der Waals surface area contributed by atoms with Crippen LogP contribution in [-0.4, -0.2) is 23.3 Å². The Kier molecular flexibility index (Phi) is 3.09. The van der Waals surface area contributed by atoms with E-state index in [2.05, 4.69) is 0 Å². The Morgan fingerprint density at radius 2 is 2.00 bits per heavy atom. The van der Waals surface area contributed by atoms with Crippen LogP contribution in [0.5, 0.6) is 0 Å². The second-order valence-electron chi connectivity index (χ2n) is 3.69. The molecule has 3 nitrogen and oxygen atoms in total. The lowest BCUT2D eigenvalue weighted by Crippen LogP contribution is -2.33. The molecule has 0 aromatic rings. The van der Waals surface area contributed by atoms with Gasteiger partial charge in [-0.05, 0) is 19.8 Å². The van der Waals surface area contributed by atoms with Gasteiger partial charge in [0.25, 0.3) is 0 Å². The molecule has 0 aromatic heterocycles. The average molecular weight is 172 g/mol. The molecule has 0 spiro atoms. The Hall–Kier alpha value is -0.570. The van der Waals surface area contributed by atoms with Crippen LogP contribution < -0.4 is 0 Å². The molecule has 0 bridgehead atoms. The van der Waals surface area contributed by atoms with Crippen LogP contribution in [0.4, 0.5) is 0 Å². The second kappa shape index (κ2) is 3.90. The molecule has 0 heterocycles. The predicted octanol–water partition coefficient (Wildman–Crippen LogP) is 1.81. The predicted molar refractivity (Wildman–Crippen MR) is 45.1 cm³/mol. The van der Waals surface area contributed by atoms with Gasteiger partial charge in [-0.25, -0.2) is 4.79 Å². The van der Waals surface area contributed by atoms with Gasteiger partial charge in [-0.15, -0.1) is 0 Å². The largest absolute Gasteiger partial charge is 0.480 e. The van der Waals surface area contributed by atoms with Gasteiger partial charge in [0.1, 0.15) is 6.61 Å². The molecule has 0 aliphatic heterocycles. The van der Waals surface area contributed by atoms with Gasteiger partial charge in [-0.3, -0.25) is 0 Å². The van der Waals surface area contributed by atoms with E-state index in [-0.39, 0.29) is 12.2 Å². The zero-order chi connectivity index (χ0) is 9.03. The third-order valence-corrected chi connectivity index (χ3v) is 2.46.